The van der Waals surface area contributed by atoms with Crippen LogP contribution in [0, 0.1) is 0 Å². The normalized spacial score (nSPS) is 21.1. The minimum Gasteiger partial charge on any atom is -0.497 e. The highest BCUT2D eigenvalue weighted by Crippen LogP contribution is 2.25. The van der Waals surface area contributed by atoms with Crippen LogP contribution in [0.15, 0.2) is 36.4 Å². The Labute approximate surface area is 136 Å². The third kappa shape index (κ3) is 3.64. The molecule has 0 aromatic heterocycles. The summed E-state index contributed by atoms with van der Waals surface area (Å²) in [7, 11) is 1.65. The first-order chi connectivity index (χ1) is 11.1. The predicted molar refractivity (Wildman–Crippen MR) is 90.8 cm³/mol. The smallest absolute Gasteiger partial charge is 0.224 e. The molecule has 4 heteroatoms. The van der Waals surface area contributed by atoms with Gasteiger partial charge in [0.05, 0.1) is 25.7 Å². The number of fused-ring (bicyclic) bond motifs is 1. The van der Waals surface area contributed by atoms with Gasteiger partial charge in [0.25, 0.3) is 0 Å². The zero-order valence-electron chi connectivity index (χ0n) is 13.7. The lowest BCUT2D eigenvalue weighted by atomic mass is 9.94. The highest BCUT2D eigenvalue weighted by molar-refractivity contribution is 5.91. The molecule has 1 fully saturated rings. The van der Waals surface area contributed by atoms with Crippen molar-refractivity contribution >= 4 is 16.7 Å². The third-order valence-electron chi connectivity index (χ3n) is 4.41. The number of methoxy groups -OCH3 is 1. The summed E-state index contributed by atoms with van der Waals surface area (Å²) in [6.45, 7) is 3.42. The van der Waals surface area contributed by atoms with Gasteiger partial charge in [0, 0.05) is 6.61 Å². The fourth-order valence-corrected chi connectivity index (χ4v) is 3.18. The molecule has 1 amide bonds. The molecule has 1 aliphatic rings. The van der Waals surface area contributed by atoms with Crippen LogP contribution in [0.1, 0.15) is 25.3 Å². The molecule has 122 valence electrons. The number of benzene rings is 2. The average Bonchev–Trinajstić information content (AvgIpc) is 2.55. The third-order valence-corrected chi connectivity index (χ3v) is 4.41. The van der Waals surface area contributed by atoms with Crippen LogP contribution in [0.2, 0.25) is 0 Å². The van der Waals surface area contributed by atoms with E-state index in [0.29, 0.717) is 13.0 Å². The lowest BCUT2D eigenvalue weighted by molar-refractivity contribution is -0.123. The van der Waals surface area contributed by atoms with E-state index in [1.165, 1.54) is 0 Å². The Kier molecular flexibility index (Phi) is 4.53. The quantitative estimate of drug-likeness (QED) is 0.943. The summed E-state index contributed by atoms with van der Waals surface area (Å²) in [5.41, 5.74) is 0.761. The van der Waals surface area contributed by atoms with Gasteiger partial charge in [-0.15, -0.1) is 0 Å². The van der Waals surface area contributed by atoms with Crippen molar-refractivity contribution in [3.63, 3.8) is 0 Å². The first-order valence-corrected chi connectivity index (χ1v) is 8.04. The van der Waals surface area contributed by atoms with E-state index in [-0.39, 0.29) is 11.4 Å². The summed E-state index contributed by atoms with van der Waals surface area (Å²) in [4.78, 5) is 12.5. The molecule has 2 aromatic rings. The number of carbonyl (C=O) groups excluding carboxylic acids is 1. The zero-order chi connectivity index (χ0) is 16.3. The molecular weight excluding hydrogens is 290 g/mol. The van der Waals surface area contributed by atoms with Crippen molar-refractivity contribution in [1.82, 2.24) is 5.32 Å². The second-order valence-corrected chi connectivity index (χ2v) is 6.45. The average molecular weight is 313 g/mol. The minimum absolute atomic E-state index is 0.0355. The summed E-state index contributed by atoms with van der Waals surface area (Å²) in [6, 6.07) is 12.0. The highest BCUT2D eigenvalue weighted by atomic mass is 16.5. The summed E-state index contributed by atoms with van der Waals surface area (Å²) in [6.07, 6.45) is 2.31. The van der Waals surface area contributed by atoms with Gasteiger partial charge in [-0.1, -0.05) is 24.3 Å². The molecule has 0 saturated carbocycles. The van der Waals surface area contributed by atoms with E-state index >= 15 is 0 Å². The van der Waals surface area contributed by atoms with E-state index in [2.05, 4.69) is 12.2 Å². The van der Waals surface area contributed by atoms with Crippen LogP contribution in [0.5, 0.6) is 5.75 Å². The Hall–Kier alpha value is -2.07. The van der Waals surface area contributed by atoms with E-state index in [0.717, 1.165) is 41.5 Å². The van der Waals surface area contributed by atoms with Crippen LogP contribution >= 0.6 is 0 Å². The molecule has 1 N–H and O–H groups in total. The molecule has 0 radical (unpaired) electrons. The van der Waals surface area contributed by atoms with Crippen molar-refractivity contribution in [2.24, 2.45) is 0 Å². The minimum atomic E-state index is -0.252. The predicted octanol–water partition coefficient (Wildman–Crippen LogP) is 3.08. The van der Waals surface area contributed by atoms with Crippen molar-refractivity contribution in [2.75, 3.05) is 20.3 Å². The van der Waals surface area contributed by atoms with Gasteiger partial charge in [0.2, 0.25) is 5.91 Å². The first-order valence-electron chi connectivity index (χ1n) is 8.04. The van der Waals surface area contributed by atoms with Crippen molar-refractivity contribution in [2.45, 2.75) is 31.7 Å². The fraction of sp³-hybridized carbons (Fsp3) is 0.421. The summed E-state index contributed by atoms with van der Waals surface area (Å²) < 4.78 is 10.8. The molecule has 3 rings (SSSR count). The van der Waals surface area contributed by atoms with E-state index in [4.69, 9.17) is 9.47 Å². The van der Waals surface area contributed by atoms with Crippen molar-refractivity contribution < 1.29 is 14.3 Å². The van der Waals surface area contributed by atoms with Crippen LogP contribution < -0.4 is 10.1 Å². The Morgan fingerprint density at radius 2 is 2.22 bits per heavy atom. The van der Waals surface area contributed by atoms with Gasteiger partial charge < -0.3 is 14.8 Å². The van der Waals surface area contributed by atoms with E-state index in [9.17, 15) is 4.79 Å². The van der Waals surface area contributed by atoms with E-state index < -0.39 is 0 Å². The number of hydrogen-bond acceptors (Lipinski definition) is 3. The monoisotopic (exact) mass is 313 g/mol. The molecule has 2 aromatic carbocycles. The fourth-order valence-electron chi connectivity index (χ4n) is 3.18. The second-order valence-electron chi connectivity index (χ2n) is 6.45. The van der Waals surface area contributed by atoms with Crippen LogP contribution in [0.25, 0.3) is 10.8 Å². The van der Waals surface area contributed by atoms with Crippen molar-refractivity contribution in [3.05, 3.63) is 42.0 Å². The molecule has 0 aliphatic carbocycles. The molecule has 1 atom stereocenters. The van der Waals surface area contributed by atoms with Crippen LogP contribution in [-0.4, -0.2) is 31.8 Å². The maximum absolute atomic E-state index is 12.5. The molecule has 1 aliphatic heterocycles. The largest absolute Gasteiger partial charge is 0.497 e. The molecular formula is C19H23NO3. The van der Waals surface area contributed by atoms with Gasteiger partial charge in [-0.2, -0.15) is 0 Å². The van der Waals surface area contributed by atoms with Crippen LogP contribution in [0.3, 0.4) is 0 Å². The molecule has 1 saturated heterocycles. The van der Waals surface area contributed by atoms with E-state index in [1.54, 1.807) is 7.11 Å². The number of rotatable bonds is 4. The van der Waals surface area contributed by atoms with Crippen molar-refractivity contribution in [1.29, 1.82) is 0 Å². The van der Waals surface area contributed by atoms with Gasteiger partial charge >= 0.3 is 0 Å². The maximum atomic E-state index is 12.5. The Morgan fingerprint density at radius 3 is 2.96 bits per heavy atom. The number of nitrogens with one attached hydrogen (secondary N) is 1. The van der Waals surface area contributed by atoms with Gasteiger partial charge in [-0.25, -0.2) is 0 Å². The van der Waals surface area contributed by atoms with Gasteiger partial charge in [-0.3, -0.25) is 4.79 Å². The van der Waals surface area contributed by atoms with Gasteiger partial charge in [0.1, 0.15) is 5.75 Å². The Balaban J connectivity index is 1.79. The summed E-state index contributed by atoms with van der Waals surface area (Å²) in [5, 5.41) is 5.32. The molecule has 0 spiro atoms. The lowest BCUT2D eigenvalue weighted by Crippen LogP contribution is -2.52. The van der Waals surface area contributed by atoms with Gasteiger partial charge in [-0.05, 0) is 48.2 Å². The molecule has 1 heterocycles. The SMILES string of the molecule is COc1ccc2cccc(CC(=O)N[C@@]3(C)CCCOC3)c2c1. The zero-order valence-corrected chi connectivity index (χ0v) is 13.7. The molecule has 23 heavy (non-hydrogen) atoms. The topological polar surface area (TPSA) is 47.6 Å². The van der Waals surface area contributed by atoms with Gasteiger partial charge in [0.15, 0.2) is 0 Å². The summed E-state index contributed by atoms with van der Waals surface area (Å²) in [5.74, 6) is 0.839. The lowest BCUT2D eigenvalue weighted by Gasteiger charge is -2.34. The number of carbonyl (C=O) groups is 1. The second kappa shape index (κ2) is 6.59. The van der Waals surface area contributed by atoms with Crippen LogP contribution in [-0.2, 0) is 16.0 Å². The first kappa shape index (κ1) is 15.8. The number of hydrogen-bond donors (Lipinski definition) is 1. The highest BCUT2D eigenvalue weighted by Gasteiger charge is 2.29. The number of ether oxygens (including phenoxy) is 2. The standard InChI is InChI=1S/C19H23NO3/c1-19(9-4-10-23-13-19)20-18(21)11-15-6-3-5-14-7-8-16(22-2)12-17(14)15/h3,5-8,12H,4,9-11,13H2,1-2H3,(H,20,21)/t19-/m0/s1. The molecule has 0 bridgehead atoms. The molecule has 0 unspecified atom stereocenters. The number of amides is 1. The molecule has 4 nitrogen and oxygen atoms in total. The van der Waals surface area contributed by atoms with Crippen LogP contribution in [0.4, 0.5) is 0 Å². The Morgan fingerprint density at radius 1 is 1.35 bits per heavy atom. The maximum Gasteiger partial charge on any atom is 0.224 e. The van der Waals surface area contributed by atoms with Crippen molar-refractivity contribution in [3.8, 4) is 5.75 Å². The van der Waals surface area contributed by atoms with E-state index in [1.807, 2.05) is 36.4 Å². The Bertz CT molecular complexity index is 705. The summed E-state index contributed by atoms with van der Waals surface area (Å²) >= 11 is 0.